The zero-order chi connectivity index (χ0) is 70.0. The van der Waals surface area contributed by atoms with Gasteiger partial charge in [-0.3, -0.25) is 37.3 Å². The van der Waals surface area contributed by atoms with E-state index >= 15 is 0 Å². The molecule has 0 saturated heterocycles. The van der Waals surface area contributed by atoms with Crippen LogP contribution in [0.25, 0.3) is 0 Å². The van der Waals surface area contributed by atoms with Gasteiger partial charge in [-0.2, -0.15) is 0 Å². The third-order valence-corrected chi connectivity index (χ3v) is 19.6. The minimum atomic E-state index is -4.96. The Morgan fingerprint density at radius 1 is 0.284 bits per heavy atom. The second-order valence-corrected chi connectivity index (χ2v) is 31.3. The first kappa shape index (κ1) is 93.1. The predicted octanol–water partition coefficient (Wildman–Crippen LogP) is 22.3. The fourth-order valence-electron chi connectivity index (χ4n) is 11.7. The van der Waals surface area contributed by atoms with Crippen molar-refractivity contribution in [2.45, 2.75) is 413 Å². The molecule has 17 nitrogen and oxygen atoms in total. The molecule has 0 aliphatic carbocycles. The molecule has 0 aromatic carbocycles. The number of esters is 4. The Hall–Kier alpha value is -1.94. The molecular formula is C76H148O17P2. The summed E-state index contributed by atoms with van der Waals surface area (Å²) in [5, 5.41) is 10.6. The fraction of sp³-hybridized carbons (Fsp3) is 0.947. The van der Waals surface area contributed by atoms with E-state index in [1.807, 2.05) is 0 Å². The summed E-state index contributed by atoms with van der Waals surface area (Å²) in [4.78, 5) is 72.8. The van der Waals surface area contributed by atoms with E-state index in [1.54, 1.807) is 0 Å². The molecule has 0 aromatic rings. The van der Waals surface area contributed by atoms with E-state index in [1.165, 1.54) is 205 Å². The Morgan fingerprint density at radius 2 is 0.484 bits per heavy atom. The van der Waals surface area contributed by atoms with Crippen LogP contribution < -0.4 is 0 Å². The fourth-order valence-corrected chi connectivity index (χ4v) is 13.2. The summed E-state index contributed by atoms with van der Waals surface area (Å²) < 4.78 is 68.5. The van der Waals surface area contributed by atoms with Gasteiger partial charge in [0.1, 0.15) is 19.3 Å². The number of carbonyl (C=O) groups excluding carboxylic acids is 4. The SMILES string of the molecule is CCCCCCCCCCCCCCCCCCCCCC(=O)O[C@H](COC(=O)CCCCCCCCCCCCCCCCC)COP(=O)(O)OC[C@@H](O)COP(=O)(O)OC[C@@H](COC(=O)CCCCCCCCCC(C)C)OC(=O)CCCCCCCCCCC(C)C. The monoisotopic (exact) mass is 1400 g/mol. The van der Waals surface area contributed by atoms with Crippen molar-refractivity contribution in [3.05, 3.63) is 0 Å². The second kappa shape index (κ2) is 67.9. The lowest BCUT2D eigenvalue weighted by Crippen LogP contribution is -2.30. The lowest BCUT2D eigenvalue weighted by Gasteiger charge is -2.21. The molecule has 0 heterocycles. The zero-order valence-corrected chi connectivity index (χ0v) is 63.8. The van der Waals surface area contributed by atoms with Crippen molar-refractivity contribution < 1.29 is 80.2 Å². The lowest BCUT2D eigenvalue weighted by atomic mass is 10.0. The Morgan fingerprint density at radius 3 is 0.716 bits per heavy atom. The summed E-state index contributed by atoms with van der Waals surface area (Å²) in [5.74, 6) is -0.695. The van der Waals surface area contributed by atoms with Crippen molar-refractivity contribution in [1.82, 2.24) is 0 Å². The van der Waals surface area contributed by atoms with Gasteiger partial charge in [0.05, 0.1) is 26.4 Å². The van der Waals surface area contributed by atoms with Crippen LogP contribution in [0.2, 0.25) is 0 Å². The van der Waals surface area contributed by atoms with Gasteiger partial charge in [-0.15, -0.1) is 0 Å². The van der Waals surface area contributed by atoms with Crippen molar-refractivity contribution in [2.24, 2.45) is 11.8 Å². The number of aliphatic hydroxyl groups is 1. The minimum absolute atomic E-state index is 0.104. The van der Waals surface area contributed by atoms with Crippen LogP contribution in [-0.2, 0) is 65.4 Å². The highest BCUT2D eigenvalue weighted by molar-refractivity contribution is 7.47. The van der Waals surface area contributed by atoms with Gasteiger partial charge >= 0.3 is 39.5 Å². The Labute approximate surface area is 581 Å². The topological polar surface area (TPSA) is 237 Å². The quantitative estimate of drug-likeness (QED) is 0.0222. The molecule has 0 aromatic heterocycles. The maximum Gasteiger partial charge on any atom is 0.472 e. The maximum absolute atomic E-state index is 13.1. The third-order valence-electron chi connectivity index (χ3n) is 17.7. The smallest absolute Gasteiger partial charge is 0.462 e. The molecule has 0 aliphatic rings. The van der Waals surface area contributed by atoms with Crippen LogP contribution in [0, 0.1) is 11.8 Å². The van der Waals surface area contributed by atoms with Gasteiger partial charge in [0, 0.05) is 25.7 Å². The number of phosphoric ester groups is 2. The standard InChI is InChI=1S/C76H148O17P2/c1-7-9-11-13-15-17-19-21-23-24-25-26-28-30-32-34-41-48-54-60-75(80)92-71(64-86-73(78)58-52-46-40-33-31-29-27-22-20-18-16-14-12-10-8-2)66-90-94(82,83)88-62-70(77)63-89-95(84,85)91-67-72(65-87-74(79)59-53-47-43-37-39-45-51-57-69(5)6)93-76(81)61-55-49-42-36-35-38-44-50-56-68(3)4/h68-72,77H,7-67H2,1-6H3,(H,82,83)(H,84,85)/t70-,71-,72-/m1/s1. The number of ether oxygens (including phenoxy) is 4. The number of rotatable bonds is 75. The van der Waals surface area contributed by atoms with Crippen LogP contribution in [-0.4, -0.2) is 96.7 Å². The van der Waals surface area contributed by atoms with E-state index in [-0.39, 0.29) is 25.7 Å². The lowest BCUT2D eigenvalue weighted by molar-refractivity contribution is -0.161. The van der Waals surface area contributed by atoms with Crippen molar-refractivity contribution in [1.29, 1.82) is 0 Å². The first-order chi connectivity index (χ1) is 45.9. The average Bonchev–Trinajstić information content (AvgIpc) is 1.81. The molecular weight excluding hydrogens is 1250 g/mol. The Bertz CT molecular complexity index is 1840. The van der Waals surface area contributed by atoms with E-state index in [4.69, 9.17) is 37.0 Å². The third kappa shape index (κ3) is 70.3. The second-order valence-electron chi connectivity index (χ2n) is 28.3. The van der Waals surface area contributed by atoms with Gasteiger partial charge < -0.3 is 33.8 Å². The maximum atomic E-state index is 13.1. The van der Waals surface area contributed by atoms with E-state index in [2.05, 4.69) is 41.5 Å². The summed E-state index contributed by atoms with van der Waals surface area (Å²) in [6, 6.07) is 0. The van der Waals surface area contributed by atoms with Gasteiger partial charge in [-0.1, -0.05) is 343 Å². The Kier molecular flexibility index (Phi) is 66.5. The van der Waals surface area contributed by atoms with Gasteiger partial charge in [0.25, 0.3) is 0 Å². The highest BCUT2D eigenvalue weighted by Crippen LogP contribution is 2.45. The number of hydrogen-bond donors (Lipinski definition) is 3. The summed E-state index contributed by atoms with van der Waals surface area (Å²) in [5.41, 5.74) is 0. The molecule has 0 fully saturated rings. The number of carbonyl (C=O) groups is 4. The summed E-state index contributed by atoms with van der Waals surface area (Å²) in [6.45, 7) is 9.50. The van der Waals surface area contributed by atoms with Gasteiger partial charge in [0.15, 0.2) is 12.2 Å². The van der Waals surface area contributed by atoms with Crippen molar-refractivity contribution >= 4 is 39.5 Å². The van der Waals surface area contributed by atoms with Gasteiger partial charge in [-0.05, 0) is 37.5 Å². The molecule has 5 atom stereocenters. The van der Waals surface area contributed by atoms with Crippen LogP contribution in [0.4, 0.5) is 0 Å². The molecule has 2 unspecified atom stereocenters. The molecule has 564 valence electrons. The van der Waals surface area contributed by atoms with Crippen LogP contribution in [0.1, 0.15) is 395 Å². The highest BCUT2D eigenvalue weighted by atomic mass is 31.2. The number of phosphoric acid groups is 2. The first-order valence-electron chi connectivity index (χ1n) is 39.5. The summed E-state index contributed by atoms with van der Waals surface area (Å²) >= 11 is 0. The molecule has 0 bridgehead atoms. The van der Waals surface area contributed by atoms with Crippen molar-refractivity contribution in [3.63, 3.8) is 0 Å². The normalized spacial score (nSPS) is 14.0. The number of unbranched alkanes of at least 4 members (excludes halogenated alkanes) is 45. The van der Waals surface area contributed by atoms with E-state index in [9.17, 15) is 43.2 Å². The van der Waals surface area contributed by atoms with Crippen molar-refractivity contribution in [2.75, 3.05) is 39.6 Å². The predicted molar refractivity (Wildman–Crippen MR) is 386 cm³/mol. The van der Waals surface area contributed by atoms with Crippen LogP contribution in [0.5, 0.6) is 0 Å². The molecule has 19 heteroatoms. The molecule has 3 N–H and O–H groups in total. The average molecular weight is 1400 g/mol. The molecule has 0 aliphatic heterocycles. The molecule has 0 saturated carbocycles. The van der Waals surface area contributed by atoms with E-state index < -0.39 is 97.5 Å². The van der Waals surface area contributed by atoms with E-state index in [0.29, 0.717) is 31.6 Å². The van der Waals surface area contributed by atoms with Crippen LogP contribution >= 0.6 is 15.6 Å². The number of hydrogen-bond acceptors (Lipinski definition) is 15. The first-order valence-corrected chi connectivity index (χ1v) is 42.5. The largest absolute Gasteiger partial charge is 0.472 e. The molecule has 0 rings (SSSR count). The summed E-state index contributed by atoms with van der Waals surface area (Å²) in [6.07, 6.45) is 55.7. The van der Waals surface area contributed by atoms with Gasteiger partial charge in [0.2, 0.25) is 0 Å². The minimum Gasteiger partial charge on any atom is -0.462 e. The number of aliphatic hydroxyl groups excluding tert-OH is 1. The molecule has 0 amide bonds. The molecule has 0 spiro atoms. The zero-order valence-electron chi connectivity index (χ0n) is 62.0. The highest BCUT2D eigenvalue weighted by Gasteiger charge is 2.30. The molecule has 95 heavy (non-hydrogen) atoms. The van der Waals surface area contributed by atoms with Crippen LogP contribution in [0.3, 0.4) is 0 Å². The van der Waals surface area contributed by atoms with Crippen molar-refractivity contribution in [3.8, 4) is 0 Å². The van der Waals surface area contributed by atoms with E-state index in [0.717, 1.165) is 102 Å². The Balaban J connectivity index is 5.22. The van der Waals surface area contributed by atoms with Gasteiger partial charge in [-0.25, -0.2) is 9.13 Å². The van der Waals surface area contributed by atoms with Crippen LogP contribution in [0.15, 0.2) is 0 Å². The molecule has 0 radical (unpaired) electrons. The summed E-state index contributed by atoms with van der Waals surface area (Å²) in [7, 11) is -9.91.